The first-order chi connectivity index (χ1) is 9.26. The molecule has 0 amide bonds. The molecule has 0 unspecified atom stereocenters. The average Bonchev–Trinajstić information content (AvgIpc) is 2.47. The Hall–Kier alpha value is -2.49. The second-order valence-electron chi connectivity index (χ2n) is 4.47. The van der Waals surface area contributed by atoms with E-state index in [0.717, 1.165) is 23.3 Å². The highest BCUT2D eigenvalue weighted by molar-refractivity contribution is 5.75. The Morgan fingerprint density at radius 1 is 1.16 bits per heavy atom. The predicted octanol–water partition coefficient (Wildman–Crippen LogP) is 2.56. The second-order valence-corrected chi connectivity index (χ2v) is 4.47. The van der Waals surface area contributed by atoms with Crippen LogP contribution in [0.15, 0.2) is 42.5 Å². The molecule has 0 aliphatic carbocycles. The first kappa shape index (κ1) is 11.6. The summed E-state index contributed by atoms with van der Waals surface area (Å²) in [4.78, 5) is 12.8. The number of fused-ring (bicyclic) bond motifs is 1. The number of phenolic OH excluding ortho intramolecular Hbond substituents is 1. The molecule has 0 aromatic heterocycles. The Balaban J connectivity index is 1.88. The highest BCUT2D eigenvalue weighted by Crippen LogP contribution is 2.29. The molecule has 0 fully saturated rings. The van der Waals surface area contributed by atoms with Crippen molar-refractivity contribution in [1.82, 2.24) is 0 Å². The topological polar surface area (TPSA) is 49.8 Å². The lowest BCUT2D eigenvalue weighted by Gasteiger charge is -2.30. The summed E-state index contributed by atoms with van der Waals surface area (Å²) in [5, 5.41) is 9.29. The minimum absolute atomic E-state index is 0.241. The highest BCUT2D eigenvalue weighted by Gasteiger charge is 2.17. The SMILES string of the molecule is O=Cc1ccc2c(c1)CN(c1ccc(O)cc1)CO2. The zero-order chi connectivity index (χ0) is 13.2. The molecular formula is C15H13NO3. The summed E-state index contributed by atoms with van der Waals surface area (Å²) in [5.74, 6) is 1.06. The van der Waals surface area contributed by atoms with E-state index in [1.807, 2.05) is 29.2 Å². The zero-order valence-electron chi connectivity index (χ0n) is 10.2. The Bertz CT molecular complexity index is 607. The van der Waals surface area contributed by atoms with Gasteiger partial charge in [0.1, 0.15) is 17.8 Å². The molecular weight excluding hydrogens is 242 g/mol. The van der Waals surface area contributed by atoms with Crippen LogP contribution in [0.3, 0.4) is 0 Å². The second kappa shape index (κ2) is 4.65. The van der Waals surface area contributed by atoms with E-state index in [1.165, 1.54) is 0 Å². The van der Waals surface area contributed by atoms with Crippen molar-refractivity contribution in [3.8, 4) is 11.5 Å². The van der Waals surface area contributed by atoms with Crippen LogP contribution in [-0.2, 0) is 6.54 Å². The minimum Gasteiger partial charge on any atom is -0.508 e. The normalized spacial score (nSPS) is 13.6. The van der Waals surface area contributed by atoms with E-state index < -0.39 is 0 Å². The van der Waals surface area contributed by atoms with Crippen molar-refractivity contribution >= 4 is 12.0 Å². The molecule has 19 heavy (non-hydrogen) atoms. The van der Waals surface area contributed by atoms with Gasteiger partial charge in [-0.1, -0.05) is 0 Å². The number of anilines is 1. The van der Waals surface area contributed by atoms with Crippen LogP contribution >= 0.6 is 0 Å². The van der Waals surface area contributed by atoms with Gasteiger partial charge in [0, 0.05) is 23.4 Å². The van der Waals surface area contributed by atoms with Gasteiger partial charge in [0.15, 0.2) is 6.73 Å². The molecule has 0 spiro atoms. The van der Waals surface area contributed by atoms with Crippen LogP contribution in [0.25, 0.3) is 0 Å². The summed E-state index contributed by atoms with van der Waals surface area (Å²) in [6.07, 6.45) is 0.833. The van der Waals surface area contributed by atoms with Gasteiger partial charge in [0.05, 0.1) is 0 Å². The van der Waals surface area contributed by atoms with Crippen LogP contribution in [0.5, 0.6) is 11.5 Å². The van der Waals surface area contributed by atoms with Crippen molar-refractivity contribution in [3.63, 3.8) is 0 Å². The Labute approximate surface area is 110 Å². The Kier molecular flexibility index (Phi) is 2.83. The molecule has 2 aromatic carbocycles. The summed E-state index contributed by atoms with van der Waals surface area (Å²) in [6, 6.07) is 12.4. The minimum atomic E-state index is 0.241. The van der Waals surface area contributed by atoms with Crippen LogP contribution in [-0.4, -0.2) is 18.1 Å². The summed E-state index contributed by atoms with van der Waals surface area (Å²) in [7, 11) is 0. The van der Waals surface area contributed by atoms with Gasteiger partial charge in [-0.25, -0.2) is 0 Å². The Morgan fingerprint density at radius 3 is 2.68 bits per heavy atom. The molecule has 1 heterocycles. The molecule has 3 rings (SSSR count). The number of benzene rings is 2. The molecule has 0 radical (unpaired) electrons. The molecule has 0 bridgehead atoms. The lowest BCUT2D eigenvalue weighted by Crippen LogP contribution is -2.31. The summed E-state index contributed by atoms with van der Waals surface area (Å²) in [6.45, 7) is 1.14. The zero-order valence-corrected chi connectivity index (χ0v) is 10.2. The van der Waals surface area contributed by atoms with Gasteiger partial charge in [-0.05, 0) is 42.5 Å². The number of rotatable bonds is 2. The maximum Gasteiger partial charge on any atom is 0.161 e. The largest absolute Gasteiger partial charge is 0.508 e. The third-order valence-electron chi connectivity index (χ3n) is 3.17. The number of aromatic hydroxyl groups is 1. The Morgan fingerprint density at radius 2 is 1.95 bits per heavy atom. The monoisotopic (exact) mass is 255 g/mol. The van der Waals surface area contributed by atoms with Crippen molar-refractivity contribution in [2.75, 3.05) is 11.6 Å². The van der Waals surface area contributed by atoms with E-state index in [2.05, 4.69) is 0 Å². The molecule has 4 heteroatoms. The first-order valence-corrected chi connectivity index (χ1v) is 6.01. The fraction of sp³-hybridized carbons (Fsp3) is 0.133. The molecule has 96 valence electrons. The van der Waals surface area contributed by atoms with E-state index in [0.29, 0.717) is 18.8 Å². The fourth-order valence-corrected chi connectivity index (χ4v) is 2.17. The van der Waals surface area contributed by atoms with Gasteiger partial charge in [0.2, 0.25) is 0 Å². The molecule has 1 aliphatic heterocycles. The lowest BCUT2D eigenvalue weighted by molar-refractivity contribution is 0.112. The summed E-state index contributed by atoms with van der Waals surface area (Å²) >= 11 is 0. The van der Waals surface area contributed by atoms with Crippen LogP contribution in [0, 0.1) is 0 Å². The van der Waals surface area contributed by atoms with E-state index in [4.69, 9.17) is 4.74 Å². The predicted molar refractivity (Wildman–Crippen MR) is 71.6 cm³/mol. The molecule has 2 aromatic rings. The standard InChI is InChI=1S/C15H13NO3/c17-9-11-1-6-15-12(7-11)8-16(10-19-15)13-2-4-14(18)5-3-13/h1-7,9,18H,8,10H2. The third kappa shape index (κ3) is 2.25. The first-order valence-electron chi connectivity index (χ1n) is 6.01. The molecule has 4 nitrogen and oxygen atoms in total. The van der Waals surface area contributed by atoms with E-state index in [9.17, 15) is 9.90 Å². The number of carbonyl (C=O) groups is 1. The number of carbonyl (C=O) groups excluding carboxylic acids is 1. The fourth-order valence-electron chi connectivity index (χ4n) is 2.17. The van der Waals surface area contributed by atoms with Gasteiger partial charge in [-0.3, -0.25) is 4.79 Å². The highest BCUT2D eigenvalue weighted by atomic mass is 16.5. The van der Waals surface area contributed by atoms with Gasteiger partial charge >= 0.3 is 0 Å². The molecule has 1 aliphatic rings. The van der Waals surface area contributed by atoms with Crippen LogP contribution in [0.1, 0.15) is 15.9 Å². The number of phenols is 1. The quantitative estimate of drug-likeness (QED) is 0.838. The van der Waals surface area contributed by atoms with Crippen LogP contribution in [0.4, 0.5) is 5.69 Å². The molecule has 1 N–H and O–H groups in total. The summed E-state index contributed by atoms with van der Waals surface area (Å²) in [5.41, 5.74) is 2.61. The van der Waals surface area contributed by atoms with Crippen molar-refractivity contribution in [1.29, 1.82) is 0 Å². The number of hydrogen-bond acceptors (Lipinski definition) is 4. The summed E-state index contributed by atoms with van der Waals surface area (Å²) < 4.78 is 5.67. The van der Waals surface area contributed by atoms with Crippen molar-refractivity contribution in [2.24, 2.45) is 0 Å². The van der Waals surface area contributed by atoms with Crippen LogP contribution in [0.2, 0.25) is 0 Å². The molecule has 0 saturated carbocycles. The van der Waals surface area contributed by atoms with Crippen molar-refractivity contribution < 1.29 is 14.6 Å². The smallest absolute Gasteiger partial charge is 0.161 e. The van der Waals surface area contributed by atoms with E-state index in [1.54, 1.807) is 18.2 Å². The van der Waals surface area contributed by atoms with E-state index in [-0.39, 0.29) is 5.75 Å². The van der Waals surface area contributed by atoms with Gasteiger partial charge in [0.25, 0.3) is 0 Å². The number of nitrogens with zero attached hydrogens (tertiary/aromatic N) is 1. The van der Waals surface area contributed by atoms with Crippen LogP contribution < -0.4 is 9.64 Å². The average molecular weight is 255 g/mol. The lowest BCUT2D eigenvalue weighted by atomic mass is 10.1. The van der Waals surface area contributed by atoms with Gasteiger partial charge in [-0.15, -0.1) is 0 Å². The van der Waals surface area contributed by atoms with Gasteiger partial charge in [-0.2, -0.15) is 0 Å². The maximum absolute atomic E-state index is 10.8. The maximum atomic E-state index is 10.8. The van der Waals surface area contributed by atoms with Gasteiger partial charge < -0.3 is 14.7 Å². The molecule has 0 saturated heterocycles. The van der Waals surface area contributed by atoms with E-state index >= 15 is 0 Å². The number of aldehydes is 1. The molecule has 0 atom stereocenters. The third-order valence-corrected chi connectivity index (χ3v) is 3.17. The van der Waals surface area contributed by atoms with Crippen molar-refractivity contribution in [3.05, 3.63) is 53.6 Å². The number of hydrogen-bond donors (Lipinski definition) is 1. The number of ether oxygens (including phenoxy) is 1. The van der Waals surface area contributed by atoms with Crippen molar-refractivity contribution in [2.45, 2.75) is 6.54 Å².